The normalized spacial score (nSPS) is 9.75. The van der Waals surface area contributed by atoms with E-state index in [-0.39, 0.29) is 6.54 Å². The van der Waals surface area contributed by atoms with E-state index in [0.29, 0.717) is 11.3 Å². The molecule has 0 saturated heterocycles. The molecule has 0 aliphatic rings. The Morgan fingerprint density at radius 2 is 2.31 bits per heavy atom. The van der Waals surface area contributed by atoms with Gasteiger partial charge >= 0.3 is 5.97 Å². The fourth-order valence-electron chi connectivity index (χ4n) is 1.02. The van der Waals surface area contributed by atoms with Crippen LogP contribution in [0.4, 0.5) is 5.69 Å². The summed E-state index contributed by atoms with van der Waals surface area (Å²) in [6.45, 7) is -0.0343. The Morgan fingerprint density at radius 3 is 3.00 bits per heavy atom. The minimum absolute atomic E-state index is 0.0343. The van der Waals surface area contributed by atoms with Gasteiger partial charge in [-0.05, 0) is 12.1 Å². The third-order valence-corrected chi connectivity index (χ3v) is 1.71. The molecular formula is C10H10N4O2. The molecule has 0 fully saturated rings. The van der Waals surface area contributed by atoms with Crippen molar-refractivity contribution in [3.8, 4) is 6.07 Å². The van der Waals surface area contributed by atoms with Crippen LogP contribution in [0, 0.1) is 11.3 Å². The van der Waals surface area contributed by atoms with Crippen LogP contribution in [0.1, 0.15) is 10.4 Å². The number of benzene rings is 1. The second-order valence-electron chi connectivity index (χ2n) is 2.71. The molecule has 0 heterocycles. The molecule has 82 valence electrons. The van der Waals surface area contributed by atoms with Gasteiger partial charge in [-0.15, -0.1) is 0 Å². The van der Waals surface area contributed by atoms with Crippen molar-refractivity contribution in [3.05, 3.63) is 29.8 Å². The zero-order valence-electron chi connectivity index (χ0n) is 8.67. The number of ether oxygens (including phenoxy) is 1. The summed E-state index contributed by atoms with van der Waals surface area (Å²) >= 11 is 0. The van der Waals surface area contributed by atoms with Crippen molar-refractivity contribution < 1.29 is 9.53 Å². The summed E-state index contributed by atoms with van der Waals surface area (Å²) in [6, 6.07) is 8.54. The number of anilines is 1. The van der Waals surface area contributed by atoms with Crippen LogP contribution in [0.2, 0.25) is 0 Å². The zero-order chi connectivity index (χ0) is 11.8. The van der Waals surface area contributed by atoms with Crippen molar-refractivity contribution >= 4 is 11.7 Å². The first-order chi connectivity index (χ1) is 7.79. The average Bonchev–Trinajstić information content (AvgIpc) is 2.34. The van der Waals surface area contributed by atoms with Crippen molar-refractivity contribution in [2.24, 2.45) is 10.3 Å². The Hall–Kier alpha value is -2.42. The fraction of sp³-hybridized carbons (Fsp3) is 0.200. The summed E-state index contributed by atoms with van der Waals surface area (Å²) in [4.78, 5) is 11.3. The molecule has 0 amide bonds. The molecular weight excluding hydrogens is 208 g/mol. The number of hydrogen-bond donors (Lipinski definition) is 1. The monoisotopic (exact) mass is 218 g/mol. The number of nitriles is 1. The number of nitrogens with one attached hydrogen (secondary N) is 1. The SMILES string of the molecule is COC(=O)c1ccccc1NN=NCC#N. The van der Waals surface area contributed by atoms with Gasteiger partial charge in [-0.1, -0.05) is 17.4 Å². The molecule has 6 nitrogen and oxygen atoms in total. The second-order valence-corrected chi connectivity index (χ2v) is 2.71. The van der Waals surface area contributed by atoms with Crippen molar-refractivity contribution in [1.29, 1.82) is 5.26 Å². The molecule has 0 atom stereocenters. The molecule has 6 heteroatoms. The van der Waals surface area contributed by atoms with Gasteiger partial charge in [0.2, 0.25) is 0 Å². The Kier molecular flexibility index (Phi) is 4.47. The van der Waals surface area contributed by atoms with Crippen molar-refractivity contribution in [3.63, 3.8) is 0 Å². The molecule has 0 aromatic heterocycles. The quantitative estimate of drug-likeness (QED) is 0.361. The lowest BCUT2D eigenvalue weighted by Crippen LogP contribution is -2.04. The lowest BCUT2D eigenvalue weighted by atomic mass is 10.2. The van der Waals surface area contributed by atoms with Gasteiger partial charge in [-0.3, -0.25) is 5.43 Å². The highest BCUT2D eigenvalue weighted by atomic mass is 16.5. The zero-order valence-corrected chi connectivity index (χ0v) is 8.67. The summed E-state index contributed by atoms with van der Waals surface area (Å²) in [5, 5.41) is 15.3. The van der Waals surface area contributed by atoms with Gasteiger partial charge < -0.3 is 4.74 Å². The molecule has 1 rings (SSSR count). The van der Waals surface area contributed by atoms with Crippen LogP contribution in [0.25, 0.3) is 0 Å². The number of hydrogen-bond acceptors (Lipinski definition) is 5. The molecule has 0 radical (unpaired) electrons. The van der Waals surface area contributed by atoms with E-state index in [1.807, 2.05) is 6.07 Å². The van der Waals surface area contributed by atoms with Crippen LogP contribution in [-0.2, 0) is 4.74 Å². The Labute approximate surface area is 92.5 Å². The van der Waals surface area contributed by atoms with Gasteiger partial charge in [-0.25, -0.2) is 4.79 Å². The topological polar surface area (TPSA) is 86.8 Å². The number of nitrogens with zero attached hydrogens (tertiary/aromatic N) is 3. The standard InChI is InChI=1S/C10H10N4O2/c1-16-10(15)8-4-2-3-5-9(8)13-14-12-7-6-11/h2-5H,7H2,1H3,(H,12,13). The number of esters is 1. The van der Waals surface area contributed by atoms with Crippen LogP contribution in [-0.4, -0.2) is 19.6 Å². The van der Waals surface area contributed by atoms with Gasteiger partial charge in [0.05, 0.1) is 24.4 Å². The largest absolute Gasteiger partial charge is 0.465 e. The van der Waals surface area contributed by atoms with E-state index in [1.54, 1.807) is 24.3 Å². The lowest BCUT2D eigenvalue weighted by molar-refractivity contribution is 0.0602. The number of rotatable bonds is 4. The van der Waals surface area contributed by atoms with Crippen molar-refractivity contribution in [2.75, 3.05) is 19.1 Å². The maximum Gasteiger partial charge on any atom is 0.340 e. The van der Waals surface area contributed by atoms with Crippen LogP contribution in [0.5, 0.6) is 0 Å². The Morgan fingerprint density at radius 1 is 1.56 bits per heavy atom. The maximum absolute atomic E-state index is 11.3. The fourth-order valence-corrected chi connectivity index (χ4v) is 1.02. The van der Waals surface area contributed by atoms with Gasteiger partial charge in [0.15, 0.2) is 0 Å². The Balaban J connectivity index is 2.80. The lowest BCUT2D eigenvalue weighted by Gasteiger charge is -2.05. The Bertz CT molecular complexity index is 437. The third-order valence-electron chi connectivity index (χ3n) is 1.71. The van der Waals surface area contributed by atoms with E-state index in [9.17, 15) is 4.79 Å². The van der Waals surface area contributed by atoms with Crippen LogP contribution in [0.15, 0.2) is 34.6 Å². The smallest absolute Gasteiger partial charge is 0.340 e. The van der Waals surface area contributed by atoms with Gasteiger partial charge in [0, 0.05) is 0 Å². The van der Waals surface area contributed by atoms with Gasteiger partial charge in [0.25, 0.3) is 0 Å². The predicted molar refractivity (Wildman–Crippen MR) is 56.7 cm³/mol. The van der Waals surface area contributed by atoms with Crippen LogP contribution >= 0.6 is 0 Å². The van der Waals surface area contributed by atoms with Crippen molar-refractivity contribution in [2.45, 2.75) is 0 Å². The molecule has 1 N–H and O–H groups in total. The number of carbonyl (C=O) groups is 1. The van der Waals surface area contributed by atoms with Gasteiger partial charge in [0.1, 0.15) is 6.54 Å². The van der Waals surface area contributed by atoms with Crippen LogP contribution < -0.4 is 5.43 Å². The predicted octanol–water partition coefficient (Wildman–Crippen LogP) is 1.78. The first-order valence-electron chi connectivity index (χ1n) is 4.46. The molecule has 1 aromatic rings. The molecule has 16 heavy (non-hydrogen) atoms. The van der Waals surface area contributed by atoms with E-state index in [1.165, 1.54) is 7.11 Å². The van der Waals surface area contributed by atoms with Gasteiger partial charge in [-0.2, -0.15) is 10.4 Å². The molecule has 0 bridgehead atoms. The number of para-hydroxylation sites is 1. The number of methoxy groups -OCH3 is 1. The van der Waals surface area contributed by atoms with E-state index < -0.39 is 5.97 Å². The summed E-state index contributed by atoms with van der Waals surface area (Å²) in [5.41, 5.74) is 3.41. The van der Waals surface area contributed by atoms with Crippen molar-refractivity contribution in [1.82, 2.24) is 0 Å². The maximum atomic E-state index is 11.3. The third kappa shape index (κ3) is 3.06. The molecule has 0 unspecified atom stereocenters. The minimum Gasteiger partial charge on any atom is -0.465 e. The molecule has 1 aromatic carbocycles. The molecule has 0 aliphatic heterocycles. The summed E-state index contributed by atoms with van der Waals surface area (Å²) < 4.78 is 4.60. The highest BCUT2D eigenvalue weighted by molar-refractivity contribution is 5.95. The van der Waals surface area contributed by atoms with Crippen LogP contribution in [0.3, 0.4) is 0 Å². The first kappa shape index (κ1) is 11.7. The average molecular weight is 218 g/mol. The highest BCUT2D eigenvalue weighted by Gasteiger charge is 2.09. The second kappa shape index (κ2) is 6.14. The number of carbonyl (C=O) groups excluding carboxylic acids is 1. The molecule has 0 spiro atoms. The minimum atomic E-state index is -0.460. The summed E-state index contributed by atoms with van der Waals surface area (Å²) in [7, 11) is 1.30. The highest BCUT2D eigenvalue weighted by Crippen LogP contribution is 2.15. The van der Waals surface area contributed by atoms with E-state index in [2.05, 4.69) is 20.5 Å². The molecule has 0 saturated carbocycles. The first-order valence-corrected chi connectivity index (χ1v) is 4.46. The van der Waals surface area contributed by atoms with E-state index in [0.717, 1.165) is 0 Å². The summed E-state index contributed by atoms with van der Waals surface area (Å²) in [6.07, 6.45) is 0. The molecule has 0 aliphatic carbocycles. The van der Waals surface area contributed by atoms with E-state index >= 15 is 0 Å². The summed E-state index contributed by atoms with van der Waals surface area (Å²) in [5.74, 6) is -0.460. The van der Waals surface area contributed by atoms with E-state index in [4.69, 9.17) is 5.26 Å².